The Morgan fingerprint density at radius 3 is 0.672 bits per heavy atom. The van der Waals surface area contributed by atoms with Gasteiger partial charge in [-0.3, -0.25) is 0 Å². The maximum atomic E-state index is 5.50. The fourth-order valence-electron chi connectivity index (χ4n) is 16.1. The van der Waals surface area contributed by atoms with Crippen LogP contribution in [0.5, 0.6) is 11.5 Å². The molecule has 0 saturated heterocycles. The smallest absolute Gasteiger partial charge is 0.178 e. The van der Waals surface area contributed by atoms with Gasteiger partial charge in [-0.1, -0.05) is 133 Å². The summed E-state index contributed by atoms with van der Waals surface area (Å²) in [5.74, 6) is 8.03. The summed E-state index contributed by atoms with van der Waals surface area (Å²) in [4.78, 5) is 67.5. The monoisotopic (exact) mass is 1760 g/mol. The lowest BCUT2D eigenvalue weighted by Crippen LogP contribution is -2.16. The summed E-state index contributed by atoms with van der Waals surface area (Å²) in [6.07, 6.45) is 10.9. The van der Waals surface area contributed by atoms with Gasteiger partial charge >= 0.3 is 0 Å². The third kappa shape index (κ3) is 24.1. The molecule has 0 N–H and O–H groups in total. The van der Waals surface area contributed by atoms with Gasteiger partial charge in [0.25, 0.3) is 0 Å². The summed E-state index contributed by atoms with van der Waals surface area (Å²) in [5.41, 5.74) is 27.9. The highest BCUT2D eigenvalue weighted by molar-refractivity contribution is 5.78. The molecule has 18 rings (SSSR count). The van der Waals surface area contributed by atoms with Gasteiger partial charge in [0.1, 0.15) is 46.4 Å². The first-order chi connectivity index (χ1) is 63.2. The Kier molecular flexibility index (Phi) is 32.4. The van der Waals surface area contributed by atoms with E-state index in [0.29, 0.717) is 0 Å². The molecule has 0 unspecified atom stereocenters. The molecular weight excluding hydrogens is 1630 g/mol. The minimum absolute atomic E-state index is 0.718. The molecule has 0 aliphatic heterocycles. The number of fused-ring (bicyclic) bond motifs is 6. The van der Waals surface area contributed by atoms with Gasteiger partial charge in [0.2, 0.25) is 0 Å². The molecule has 0 radical (unpaired) electrons. The SMILES string of the molecule is COc1ccccc1Cn1c(CN(C)C)nc2nccc(C)c21.COc1ccccc1Cn1c(CN(C)C)nc2ncccc21.Cc1ccccc1Cn1c(CN(C)C)nc2nccc(C)c21.Cc1ccccc1Cn1c(CN(C)C)nc2nccc(C)c21.Cc1ccccc1Cn1c(CN(C)C)nc2ncccc21.Cc1ccccc1Cn1c(CN(C)C)nc2ncccc21. The molecule has 0 aliphatic carbocycles. The largest absolute Gasteiger partial charge is 0.496 e. The standard InChI is InChI=1S/C18H22N4O.2C18H22N4.C17H20N4O.2C17H20N4/c1-13-9-10-19-18-17(13)22(16(20-18)12-21(2)3)11-14-7-5-6-8-15(14)23-4;2*1-13-7-5-6-8-15(13)11-22-16(12-21(3)4)20-18-17(22)14(2)9-10-19-18;1-20(2)12-16-19-17-14(8-6-10-18-17)21(16)11-13-7-4-5-9-15(13)22-3;2*1-13-7-4-5-8-14(13)11-21-15-9-6-10-18-17(15)19-16(21)12-20(2)3/h5-10H,11-12H2,1-4H3;2*5-10H,11-12H2,1-4H3;4-10H,11-12H2,1-3H3;2*4-10H,11-12H2,1-3H3. The Hall–Kier alpha value is -13.6. The lowest BCUT2D eigenvalue weighted by molar-refractivity contribution is 0.381. The summed E-state index contributed by atoms with van der Waals surface area (Å²) in [7, 11) is 28.1. The maximum Gasteiger partial charge on any atom is 0.178 e. The molecule has 12 aromatic heterocycles. The molecule has 0 atom stereocenters. The molecule has 26 heteroatoms. The van der Waals surface area contributed by atoms with E-state index < -0.39 is 0 Å². The van der Waals surface area contributed by atoms with E-state index >= 15 is 0 Å². The summed E-state index contributed by atoms with van der Waals surface area (Å²) in [5, 5.41) is 0. The van der Waals surface area contributed by atoms with Crippen molar-refractivity contribution in [2.75, 3.05) is 98.8 Å². The van der Waals surface area contributed by atoms with Gasteiger partial charge in [-0.2, -0.15) is 0 Å². The van der Waals surface area contributed by atoms with Crippen LogP contribution in [0, 0.1) is 48.5 Å². The van der Waals surface area contributed by atoms with Crippen LogP contribution in [-0.4, -0.2) is 215 Å². The first-order valence-corrected chi connectivity index (χ1v) is 44.3. The highest BCUT2D eigenvalue weighted by Gasteiger charge is 2.23. The van der Waals surface area contributed by atoms with Crippen molar-refractivity contribution in [3.8, 4) is 11.5 Å². The molecule has 18 aromatic rings. The topological polar surface area (TPSA) is 222 Å². The molecule has 0 fully saturated rings. The second-order valence-corrected chi connectivity index (χ2v) is 34.9. The van der Waals surface area contributed by atoms with Crippen molar-refractivity contribution in [1.29, 1.82) is 0 Å². The fourth-order valence-corrected chi connectivity index (χ4v) is 16.1. The molecule has 0 aliphatic rings. The van der Waals surface area contributed by atoms with Crippen molar-refractivity contribution in [3.63, 3.8) is 0 Å². The van der Waals surface area contributed by atoms with Crippen molar-refractivity contribution in [2.45, 2.75) is 127 Å². The quantitative estimate of drug-likeness (QED) is 0.0491. The van der Waals surface area contributed by atoms with Gasteiger partial charge in [-0.05, 0) is 261 Å². The van der Waals surface area contributed by atoms with Crippen LogP contribution in [0.3, 0.4) is 0 Å². The third-order valence-corrected chi connectivity index (χ3v) is 22.7. The first-order valence-electron chi connectivity index (χ1n) is 44.3. The van der Waals surface area contributed by atoms with E-state index in [0.717, 1.165) is 203 Å². The highest BCUT2D eigenvalue weighted by atomic mass is 16.5. The van der Waals surface area contributed by atoms with Crippen molar-refractivity contribution < 1.29 is 9.47 Å². The van der Waals surface area contributed by atoms with E-state index in [1.165, 1.54) is 61.2 Å². The number of methoxy groups -OCH3 is 2. The summed E-state index contributed by atoms with van der Waals surface area (Å²) in [6, 6.07) is 68.5. The van der Waals surface area contributed by atoms with Crippen LogP contribution in [0.15, 0.2) is 237 Å². The number of ether oxygens (including phenoxy) is 2. The number of pyridine rings is 6. The van der Waals surface area contributed by atoms with E-state index in [1.54, 1.807) is 32.8 Å². The van der Waals surface area contributed by atoms with Crippen LogP contribution in [0.4, 0.5) is 0 Å². The molecule has 131 heavy (non-hydrogen) atoms. The van der Waals surface area contributed by atoms with Crippen LogP contribution < -0.4 is 9.47 Å². The minimum atomic E-state index is 0.718. The van der Waals surface area contributed by atoms with E-state index in [4.69, 9.17) is 24.4 Å². The number of para-hydroxylation sites is 2. The van der Waals surface area contributed by atoms with Gasteiger partial charge in [0.15, 0.2) is 33.9 Å². The van der Waals surface area contributed by atoms with Crippen LogP contribution in [0.2, 0.25) is 0 Å². The molecular formula is C105H126N24O2. The Morgan fingerprint density at radius 1 is 0.214 bits per heavy atom. The lowest BCUT2D eigenvalue weighted by atomic mass is 10.1. The van der Waals surface area contributed by atoms with Crippen molar-refractivity contribution >= 4 is 67.0 Å². The number of rotatable bonds is 26. The molecule has 678 valence electrons. The zero-order valence-electron chi connectivity index (χ0n) is 80.1. The number of imidazole rings is 6. The normalized spacial score (nSPS) is 11.4. The van der Waals surface area contributed by atoms with E-state index in [-0.39, 0.29) is 0 Å². The van der Waals surface area contributed by atoms with Crippen LogP contribution in [0.25, 0.3) is 67.0 Å². The number of aromatic nitrogens is 18. The summed E-state index contributed by atoms with van der Waals surface area (Å²) >= 11 is 0. The van der Waals surface area contributed by atoms with Gasteiger partial charge in [0.05, 0.1) is 99.7 Å². The van der Waals surface area contributed by atoms with Gasteiger partial charge in [-0.25, -0.2) is 59.8 Å². The van der Waals surface area contributed by atoms with E-state index in [2.05, 4.69) is 346 Å². The molecule has 0 saturated carbocycles. The van der Waals surface area contributed by atoms with Gasteiger partial charge in [-0.15, -0.1) is 0 Å². The summed E-state index contributed by atoms with van der Waals surface area (Å²) < 4.78 is 24.6. The van der Waals surface area contributed by atoms with Gasteiger partial charge < -0.3 is 66.3 Å². The van der Waals surface area contributed by atoms with Crippen molar-refractivity contribution in [3.05, 3.63) is 345 Å². The Morgan fingerprint density at radius 2 is 0.420 bits per heavy atom. The predicted molar refractivity (Wildman–Crippen MR) is 529 cm³/mol. The summed E-state index contributed by atoms with van der Waals surface area (Å²) in [6.45, 7) is 24.5. The molecule has 26 nitrogen and oxygen atoms in total. The second kappa shape index (κ2) is 44.6. The Balaban J connectivity index is 0.000000134. The van der Waals surface area contributed by atoms with Crippen LogP contribution in [-0.2, 0) is 78.5 Å². The number of nitrogens with zero attached hydrogens (tertiary/aromatic N) is 24. The minimum Gasteiger partial charge on any atom is -0.496 e. The number of hydrogen-bond donors (Lipinski definition) is 0. The van der Waals surface area contributed by atoms with Gasteiger partial charge in [0, 0.05) is 74.5 Å². The highest BCUT2D eigenvalue weighted by Crippen LogP contribution is 2.30. The zero-order chi connectivity index (χ0) is 92.9. The lowest BCUT2D eigenvalue weighted by Gasteiger charge is -2.15. The molecule has 12 heterocycles. The third-order valence-electron chi connectivity index (χ3n) is 22.7. The Labute approximate surface area is 770 Å². The average Bonchev–Trinajstić information content (AvgIpc) is 1.63. The number of benzene rings is 6. The predicted octanol–water partition coefficient (Wildman–Crippen LogP) is 17.4. The second-order valence-electron chi connectivity index (χ2n) is 34.9. The zero-order valence-corrected chi connectivity index (χ0v) is 80.1. The maximum absolute atomic E-state index is 5.50. The molecule has 0 bridgehead atoms. The van der Waals surface area contributed by atoms with Crippen LogP contribution in [0.1, 0.15) is 107 Å². The number of aryl methyl sites for hydroxylation is 7. The fraction of sp³-hybridized carbons (Fsp3) is 0.314. The van der Waals surface area contributed by atoms with Crippen molar-refractivity contribution in [1.82, 2.24) is 117 Å². The van der Waals surface area contributed by atoms with Crippen LogP contribution >= 0.6 is 0 Å². The van der Waals surface area contributed by atoms with Crippen molar-refractivity contribution in [2.24, 2.45) is 0 Å². The molecule has 0 spiro atoms. The first kappa shape index (κ1) is 95.0. The molecule has 0 amide bonds. The Bertz CT molecular complexity index is 6550. The molecule has 6 aromatic carbocycles. The van der Waals surface area contributed by atoms with E-state index in [9.17, 15) is 0 Å². The number of hydrogen-bond acceptors (Lipinski definition) is 20. The average molecular weight is 1760 g/mol. The van der Waals surface area contributed by atoms with E-state index in [1.807, 2.05) is 107 Å².